The lowest BCUT2D eigenvalue weighted by molar-refractivity contribution is 0.00399. The molecule has 0 aliphatic heterocycles. The van der Waals surface area contributed by atoms with Gasteiger partial charge < -0.3 is 14.6 Å². The predicted molar refractivity (Wildman–Crippen MR) is 73.8 cm³/mol. The van der Waals surface area contributed by atoms with Crippen LogP contribution in [0.3, 0.4) is 0 Å². The van der Waals surface area contributed by atoms with Crippen LogP contribution in [0.2, 0.25) is 0 Å². The third kappa shape index (κ3) is 4.09. The molecule has 0 aromatic heterocycles. The van der Waals surface area contributed by atoms with Crippen molar-refractivity contribution in [3.05, 3.63) is 65.2 Å². The molecule has 1 N–H and O–H groups in total. The van der Waals surface area contributed by atoms with Crippen molar-refractivity contribution in [3.63, 3.8) is 0 Å². The van der Waals surface area contributed by atoms with Gasteiger partial charge in [0.1, 0.15) is 5.75 Å². The number of ether oxygens (including phenoxy) is 2. The summed E-state index contributed by atoms with van der Waals surface area (Å²) in [7, 11) is 0. The van der Waals surface area contributed by atoms with Crippen molar-refractivity contribution in [2.45, 2.75) is 20.1 Å². The van der Waals surface area contributed by atoms with Crippen LogP contribution in [0.1, 0.15) is 16.7 Å². The summed E-state index contributed by atoms with van der Waals surface area (Å²) in [6.07, 6.45) is 0. The number of hydrogen-bond donors (Lipinski definition) is 1. The highest BCUT2D eigenvalue weighted by atomic mass is 16.7. The predicted octanol–water partition coefficient (Wildman–Crippen LogP) is 3.04. The van der Waals surface area contributed by atoms with Crippen LogP contribution in [-0.4, -0.2) is 11.9 Å². The van der Waals surface area contributed by atoms with Crippen molar-refractivity contribution < 1.29 is 14.6 Å². The summed E-state index contributed by atoms with van der Waals surface area (Å²) in [5, 5.41) is 9.26. The molecule has 0 atom stereocenters. The quantitative estimate of drug-likeness (QED) is 0.639. The maximum Gasteiger partial charge on any atom is 0.189 e. The Balaban J connectivity index is 1.83. The minimum Gasteiger partial charge on any atom is -0.467 e. The van der Waals surface area contributed by atoms with Crippen molar-refractivity contribution in [3.8, 4) is 5.75 Å². The Hall–Kier alpha value is -1.84. The molecule has 0 saturated carbocycles. The molecule has 2 aromatic rings. The molecule has 0 spiro atoms. The second kappa shape index (κ2) is 6.92. The van der Waals surface area contributed by atoms with Crippen molar-refractivity contribution in [1.82, 2.24) is 0 Å². The summed E-state index contributed by atoms with van der Waals surface area (Å²) in [5.74, 6) is 0.668. The zero-order chi connectivity index (χ0) is 13.5. The van der Waals surface area contributed by atoms with Gasteiger partial charge >= 0.3 is 0 Å². The average Bonchev–Trinajstić information content (AvgIpc) is 2.46. The largest absolute Gasteiger partial charge is 0.467 e. The number of aryl methyl sites for hydroxylation is 1. The smallest absolute Gasteiger partial charge is 0.189 e. The monoisotopic (exact) mass is 258 g/mol. The standard InChI is InChI=1S/C16H18O3/c1-13-7-8-16(15(9-13)10-17)19-12-18-11-14-5-3-2-4-6-14/h2-9,17H,10-12H2,1H3. The minimum atomic E-state index is -0.0320. The van der Waals surface area contributed by atoms with Gasteiger partial charge in [-0.05, 0) is 18.6 Å². The van der Waals surface area contributed by atoms with E-state index < -0.39 is 0 Å². The summed E-state index contributed by atoms with van der Waals surface area (Å²) in [5.41, 5.74) is 2.99. The molecule has 100 valence electrons. The van der Waals surface area contributed by atoms with Crippen molar-refractivity contribution in [2.75, 3.05) is 6.79 Å². The summed E-state index contributed by atoms with van der Waals surface area (Å²) in [6, 6.07) is 15.6. The van der Waals surface area contributed by atoms with Crippen LogP contribution < -0.4 is 4.74 Å². The second-order valence-electron chi connectivity index (χ2n) is 4.37. The van der Waals surface area contributed by atoms with E-state index in [0.717, 1.165) is 16.7 Å². The van der Waals surface area contributed by atoms with Gasteiger partial charge in [-0.2, -0.15) is 0 Å². The van der Waals surface area contributed by atoms with E-state index in [4.69, 9.17) is 9.47 Å². The van der Waals surface area contributed by atoms with Gasteiger partial charge in [-0.15, -0.1) is 0 Å². The first-order valence-electron chi connectivity index (χ1n) is 6.24. The molecule has 0 saturated heterocycles. The first kappa shape index (κ1) is 13.6. The average molecular weight is 258 g/mol. The summed E-state index contributed by atoms with van der Waals surface area (Å²) < 4.78 is 11.0. The number of benzene rings is 2. The highest BCUT2D eigenvalue weighted by Gasteiger charge is 2.03. The molecule has 2 rings (SSSR count). The Morgan fingerprint density at radius 1 is 1.05 bits per heavy atom. The zero-order valence-corrected chi connectivity index (χ0v) is 11.0. The molecule has 0 aliphatic rings. The fraction of sp³-hybridized carbons (Fsp3) is 0.250. The Bertz CT molecular complexity index is 509. The van der Waals surface area contributed by atoms with Crippen molar-refractivity contribution >= 4 is 0 Å². The van der Waals surface area contributed by atoms with Gasteiger partial charge in [-0.3, -0.25) is 0 Å². The van der Waals surface area contributed by atoms with Gasteiger partial charge in [-0.25, -0.2) is 0 Å². The maximum absolute atomic E-state index is 9.26. The SMILES string of the molecule is Cc1ccc(OCOCc2ccccc2)c(CO)c1. The van der Waals surface area contributed by atoms with Gasteiger partial charge in [0.25, 0.3) is 0 Å². The van der Waals surface area contributed by atoms with Crippen LogP contribution in [0.5, 0.6) is 5.75 Å². The van der Waals surface area contributed by atoms with Crippen LogP contribution in [0, 0.1) is 6.92 Å². The van der Waals surface area contributed by atoms with E-state index in [1.807, 2.05) is 55.5 Å². The van der Waals surface area contributed by atoms with E-state index in [-0.39, 0.29) is 13.4 Å². The Morgan fingerprint density at radius 2 is 1.84 bits per heavy atom. The Morgan fingerprint density at radius 3 is 2.58 bits per heavy atom. The van der Waals surface area contributed by atoms with E-state index in [9.17, 15) is 5.11 Å². The Kier molecular flexibility index (Phi) is 4.95. The molecule has 0 radical (unpaired) electrons. The van der Waals surface area contributed by atoms with E-state index >= 15 is 0 Å². The topological polar surface area (TPSA) is 38.7 Å². The summed E-state index contributed by atoms with van der Waals surface area (Å²) in [4.78, 5) is 0. The molecular weight excluding hydrogens is 240 g/mol. The van der Waals surface area contributed by atoms with E-state index in [1.54, 1.807) is 0 Å². The molecule has 0 aliphatic carbocycles. The summed E-state index contributed by atoms with van der Waals surface area (Å²) in [6.45, 7) is 2.64. The second-order valence-corrected chi connectivity index (χ2v) is 4.37. The molecule has 0 bridgehead atoms. The van der Waals surface area contributed by atoms with E-state index in [0.29, 0.717) is 12.4 Å². The lowest BCUT2D eigenvalue weighted by Gasteiger charge is -2.11. The Labute approximate surface area is 113 Å². The number of aliphatic hydroxyl groups is 1. The van der Waals surface area contributed by atoms with E-state index in [1.165, 1.54) is 0 Å². The first-order valence-corrected chi connectivity index (χ1v) is 6.24. The number of hydrogen-bond acceptors (Lipinski definition) is 3. The van der Waals surface area contributed by atoms with Crippen LogP contribution in [0.25, 0.3) is 0 Å². The van der Waals surface area contributed by atoms with Crippen molar-refractivity contribution in [2.24, 2.45) is 0 Å². The first-order chi connectivity index (χ1) is 9.29. The van der Waals surface area contributed by atoms with Crippen LogP contribution in [0.4, 0.5) is 0 Å². The highest BCUT2D eigenvalue weighted by Crippen LogP contribution is 2.20. The van der Waals surface area contributed by atoms with Gasteiger partial charge in [0.05, 0.1) is 13.2 Å². The molecule has 0 heterocycles. The highest BCUT2D eigenvalue weighted by molar-refractivity contribution is 5.36. The van der Waals surface area contributed by atoms with Gasteiger partial charge in [-0.1, -0.05) is 48.0 Å². The normalized spacial score (nSPS) is 10.4. The molecule has 0 fully saturated rings. The van der Waals surface area contributed by atoms with Crippen LogP contribution in [-0.2, 0) is 18.0 Å². The maximum atomic E-state index is 9.26. The lowest BCUT2D eigenvalue weighted by Crippen LogP contribution is -2.05. The third-order valence-electron chi connectivity index (χ3n) is 2.80. The number of rotatable bonds is 6. The van der Waals surface area contributed by atoms with Crippen molar-refractivity contribution in [1.29, 1.82) is 0 Å². The van der Waals surface area contributed by atoms with Gasteiger partial charge in [0, 0.05) is 5.56 Å². The molecular formula is C16H18O3. The van der Waals surface area contributed by atoms with Crippen LogP contribution >= 0.6 is 0 Å². The molecule has 2 aromatic carbocycles. The minimum absolute atomic E-state index is 0.0320. The van der Waals surface area contributed by atoms with Crippen LogP contribution in [0.15, 0.2) is 48.5 Å². The molecule has 0 unspecified atom stereocenters. The van der Waals surface area contributed by atoms with Gasteiger partial charge in [0.15, 0.2) is 6.79 Å². The molecule has 3 nitrogen and oxygen atoms in total. The molecule has 0 amide bonds. The number of aliphatic hydroxyl groups excluding tert-OH is 1. The molecule has 19 heavy (non-hydrogen) atoms. The zero-order valence-electron chi connectivity index (χ0n) is 11.0. The fourth-order valence-corrected chi connectivity index (χ4v) is 1.81. The van der Waals surface area contributed by atoms with E-state index in [2.05, 4.69) is 0 Å². The summed E-state index contributed by atoms with van der Waals surface area (Å²) >= 11 is 0. The van der Waals surface area contributed by atoms with Gasteiger partial charge in [0.2, 0.25) is 0 Å². The third-order valence-corrected chi connectivity index (χ3v) is 2.80. The lowest BCUT2D eigenvalue weighted by atomic mass is 10.1. The fourth-order valence-electron chi connectivity index (χ4n) is 1.81. The molecule has 3 heteroatoms.